The van der Waals surface area contributed by atoms with Crippen LogP contribution in [0, 0.1) is 6.92 Å². The molecule has 14 heavy (non-hydrogen) atoms. The second-order valence-electron chi connectivity index (χ2n) is 2.96. The first-order valence-corrected chi connectivity index (χ1v) is 4.75. The fourth-order valence-corrected chi connectivity index (χ4v) is 1.19. The van der Waals surface area contributed by atoms with E-state index in [2.05, 4.69) is 15.4 Å². The van der Waals surface area contributed by atoms with Gasteiger partial charge in [-0.15, -0.1) is 26.6 Å². The molecule has 4 nitrogen and oxygen atoms in total. The van der Waals surface area contributed by atoms with Crippen LogP contribution in [0.1, 0.15) is 11.4 Å². The molecular weight excluding hydrogens is 200 g/mol. The van der Waals surface area contributed by atoms with Gasteiger partial charge in [0, 0.05) is 0 Å². The number of benzene rings is 1. The second-order valence-corrected chi connectivity index (χ2v) is 3.23. The van der Waals surface area contributed by atoms with Crippen molar-refractivity contribution < 1.29 is 0 Å². The minimum absolute atomic E-state index is 0.284. The molecule has 0 fully saturated rings. The molecule has 0 spiro atoms. The molecule has 0 aliphatic heterocycles. The summed E-state index contributed by atoms with van der Waals surface area (Å²) in [5, 5.41) is 11.8. The van der Waals surface area contributed by atoms with Gasteiger partial charge in [-0.1, -0.05) is 17.7 Å². The van der Waals surface area contributed by atoms with Crippen LogP contribution < -0.4 is 0 Å². The Hall–Kier alpha value is -1.42. The van der Waals surface area contributed by atoms with Gasteiger partial charge in [-0.05, 0) is 24.3 Å². The van der Waals surface area contributed by atoms with Crippen LogP contribution in [0.15, 0.2) is 24.3 Å². The Kier molecular flexibility index (Phi) is 2.45. The van der Waals surface area contributed by atoms with Gasteiger partial charge in [-0.25, -0.2) is 0 Å². The summed E-state index contributed by atoms with van der Waals surface area (Å²) in [6, 6.07) is 7.88. The summed E-state index contributed by atoms with van der Waals surface area (Å²) in [5.74, 6) is 0.818. The summed E-state index contributed by atoms with van der Waals surface area (Å²) in [7, 11) is 0. The van der Waals surface area contributed by atoms with E-state index in [1.54, 1.807) is 0 Å². The van der Waals surface area contributed by atoms with Crippen LogP contribution in [0.4, 0.5) is 0 Å². The quantitative estimate of drug-likeness (QED) is 0.706. The largest absolute Gasteiger partial charge is 0.189 e. The lowest BCUT2D eigenvalue weighted by atomic mass is 10.2. The van der Waals surface area contributed by atoms with Crippen LogP contribution >= 0.6 is 11.6 Å². The highest BCUT2D eigenvalue weighted by Crippen LogP contribution is 2.06. The third-order valence-corrected chi connectivity index (χ3v) is 2.08. The number of aryl methyl sites for hydroxylation is 1. The number of rotatable bonds is 2. The van der Waals surface area contributed by atoms with Gasteiger partial charge >= 0.3 is 0 Å². The van der Waals surface area contributed by atoms with E-state index >= 15 is 0 Å². The van der Waals surface area contributed by atoms with E-state index < -0.39 is 0 Å². The monoisotopic (exact) mass is 208 g/mol. The Bertz CT molecular complexity index is 421. The number of hydrogen-bond acceptors (Lipinski definition) is 3. The van der Waals surface area contributed by atoms with Crippen LogP contribution in [0.5, 0.6) is 0 Å². The van der Waals surface area contributed by atoms with E-state index in [4.69, 9.17) is 11.6 Å². The lowest BCUT2D eigenvalue weighted by Gasteiger charge is -1.97. The molecule has 0 radical (unpaired) electrons. The molecule has 0 bridgehead atoms. The molecule has 2 rings (SSSR count). The molecule has 0 aliphatic carbocycles. The molecular formula is C9H9ClN4. The van der Waals surface area contributed by atoms with E-state index in [1.165, 1.54) is 10.4 Å². The third kappa shape index (κ3) is 1.75. The van der Waals surface area contributed by atoms with Crippen LogP contribution in [-0.2, 0) is 5.88 Å². The van der Waals surface area contributed by atoms with E-state index in [9.17, 15) is 0 Å². The minimum Gasteiger partial charge on any atom is -0.131 e. The van der Waals surface area contributed by atoms with Crippen molar-refractivity contribution in [1.29, 1.82) is 0 Å². The normalized spacial score (nSPS) is 10.4. The Balaban J connectivity index is 2.34. The highest BCUT2D eigenvalue weighted by Gasteiger charge is 2.02. The molecule has 0 saturated heterocycles. The van der Waals surface area contributed by atoms with Gasteiger partial charge in [0.05, 0.1) is 11.6 Å². The van der Waals surface area contributed by atoms with Gasteiger partial charge < -0.3 is 0 Å². The lowest BCUT2D eigenvalue weighted by molar-refractivity contribution is 0.718. The fraction of sp³-hybridized carbons (Fsp3) is 0.222. The minimum atomic E-state index is 0.284. The fourth-order valence-electron chi connectivity index (χ4n) is 1.08. The van der Waals surface area contributed by atoms with Gasteiger partial charge in [0.25, 0.3) is 0 Å². The zero-order valence-corrected chi connectivity index (χ0v) is 8.44. The van der Waals surface area contributed by atoms with Crippen molar-refractivity contribution in [1.82, 2.24) is 20.2 Å². The van der Waals surface area contributed by atoms with Gasteiger partial charge in [-0.3, -0.25) is 0 Å². The molecule has 2 aromatic rings. The molecule has 1 aromatic heterocycles. The van der Waals surface area contributed by atoms with Crippen LogP contribution in [0.3, 0.4) is 0 Å². The zero-order chi connectivity index (χ0) is 9.97. The summed E-state index contributed by atoms with van der Waals surface area (Å²) < 4.78 is 0. The van der Waals surface area contributed by atoms with E-state index in [0.29, 0.717) is 5.82 Å². The molecule has 5 heteroatoms. The maximum absolute atomic E-state index is 5.57. The molecule has 1 aromatic carbocycles. The topological polar surface area (TPSA) is 43.6 Å². The molecule has 0 saturated carbocycles. The van der Waals surface area contributed by atoms with Crippen molar-refractivity contribution in [2.24, 2.45) is 0 Å². The number of hydrogen-bond donors (Lipinski definition) is 0. The van der Waals surface area contributed by atoms with Crippen molar-refractivity contribution in [2.75, 3.05) is 0 Å². The molecule has 0 unspecified atom stereocenters. The molecule has 0 amide bonds. The average Bonchev–Trinajstić information content (AvgIpc) is 2.67. The smallest absolute Gasteiger partial charge is 0.131 e. The van der Waals surface area contributed by atoms with Gasteiger partial charge in [-0.2, -0.15) is 0 Å². The maximum Gasteiger partial charge on any atom is 0.189 e. The second kappa shape index (κ2) is 3.75. The summed E-state index contributed by atoms with van der Waals surface area (Å²) >= 11 is 5.57. The van der Waals surface area contributed by atoms with Crippen molar-refractivity contribution >= 4 is 11.6 Å². The highest BCUT2D eigenvalue weighted by molar-refractivity contribution is 6.16. The van der Waals surface area contributed by atoms with Crippen molar-refractivity contribution in [3.63, 3.8) is 0 Å². The Morgan fingerprint density at radius 3 is 2.57 bits per heavy atom. The standard InChI is InChI=1S/C9H9ClN4/c1-7-2-4-8(5-3-7)14-12-9(6-10)11-13-14/h2-5H,6H2,1H3. The summed E-state index contributed by atoms with van der Waals surface area (Å²) in [4.78, 5) is 1.47. The average molecular weight is 209 g/mol. The first kappa shape index (κ1) is 9.15. The van der Waals surface area contributed by atoms with Crippen molar-refractivity contribution in [2.45, 2.75) is 12.8 Å². The zero-order valence-electron chi connectivity index (χ0n) is 7.68. The molecule has 0 aliphatic rings. The number of halogens is 1. The SMILES string of the molecule is Cc1ccc(-n2nnc(CCl)n2)cc1. The van der Waals surface area contributed by atoms with Gasteiger partial charge in [0.1, 0.15) is 0 Å². The number of alkyl halides is 1. The predicted octanol–water partition coefficient (Wildman–Crippen LogP) is 1.71. The van der Waals surface area contributed by atoms with Gasteiger partial charge in [0.2, 0.25) is 0 Å². The Labute approximate surface area is 86.5 Å². The molecule has 0 N–H and O–H groups in total. The molecule has 0 atom stereocenters. The molecule has 1 heterocycles. The molecule has 72 valence electrons. The summed E-state index contributed by atoms with van der Waals surface area (Å²) in [6.07, 6.45) is 0. The van der Waals surface area contributed by atoms with Crippen LogP contribution in [-0.4, -0.2) is 20.2 Å². The van der Waals surface area contributed by atoms with Crippen molar-refractivity contribution in [3.8, 4) is 5.69 Å². The van der Waals surface area contributed by atoms with Crippen LogP contribution in [0.25, 0.3) is 5.69 Å². The lowest BCUT2D eigenvalue weighted by Crippen LogP contribution is -1.98. The van der Waals surface area contributed by atoms with Gasteiger partial charge in [0.15, 0.2) is 5.82 Å². The number of nitrogens with zero attached hydrogens (tertiary/aromatic N) is 4. The maximum atomic E-state index is 5.57. The summed E-state index contributed by atoms with van der Waals surface area (Å²) in [6.45, 7) is 2.03. The first-order valence-electron chi connectivity index (χ1n) is 4.21. The Morgan fingerprint density at radius 2 is 2.00 bits per heavy atom. The van der Waals surface area contributed by atoms with E-state index in [-0.39, 0.29) is 5.88 Å². The highest BCUT2D eigenvalue weighted by atomic mass is 35.5. The van der Waals surface area contributed by atoms with E-state index in [1.807, 2.05) is 31.2 Å². The summed E-state index contributed by atoms with van der Waals surface area (Å²) in [5.41, 5.74) is 2.09. The number of aromatic nitrogens is 4. The van der Waals surface area contributed by atoms with E-state index in [0.717, 1.165) is 5.69 Å². The first-order chi connectivity index (χ1) is 6.79. The predicted molar refractivity (Wildman–Crippen MR) is 53.4 cm³/mol. The number of tetrazole rings is 1. The van der Waals surface area contributed by atoms with Crippen molar-refractivity contribution in [3.05, 3.63) is 35.7 Å². The Morgan fingerprint density at radius 1 is 1.29 bits per heavy atom. The van der Waals surface area contributed by atoms with Crippen LogP contribution in [0.2, 0.25) is 0 Å². The third-order valence-electron chi connectivity index (χ3n) is 1.84.